The van der Waals surface area contributed by atoms with E-state index < -0.39 is 8.53 Å². The van der Waals surface area contributed by atoms with Gasteiger partial charge in [-0.3, -0.25) is 0 Å². The fourth-order valence-electron chi connectivity index (χ4n) is 3.77. The third-order valence-corrected chi connectivity index (χ3v) is 7.46. The molecule has 1 aromatic heterocycles. The highest BCUT2D eigenvalue weighted by atomic mass is 31.2. The molecule has 0 N–H and O–H groups in total. The summed E-state index contributed by atoms with van der Waals surface area (Å²) in [6.07, 6.45) is 8.06. The van der Waals surface area contributed by atoms with Crippen LogP contribution in [0.3, 0.4) is 0 Å². The van der Waals surface area contributed by atoms with Gasteiger partial charge in [-0.05, 0) is 65.5 Å². The first-order valence-electron chi connectivity index (χ1n) is 10.8. The van der Waals surface area contributed by atoms with Crippen molar-refractivity contribution in [2.75, 3.05) is 18.6 Å². The van der Waals surface area contributed by atoms with E-state index in [1.807, 2.05) is 6.07 Å². The topological polar surface area (TPSA) is 74.5 Å². The van der Waals surface area contributed by atoms with Crippen LogP contribution in [0.25, 0.3) is 6.08 Å². The Labute approximate surface area is 183 Å². The fourth-order valence-corrected chi connectivity index (χ4v) is 5.54. The second kappa shape index (κ2) is 12.3. The first-order chi connectivity index (χ1) is 14.4. The van der Waals surface area contributed by atoms with Crippen LogP contribution in [0, 0.1) is 11.3 Å². The van der Waals surface area contributed by atoms with E-state index in [-0.39, 0.29) is 6.10 Å². The summed E-state index contributed by atoms with van der Waals surface area (Å²) in [4.78, 5) is 11.1. The second-order valence-corrected chi connectivity index (χ2v) is 9.59. The van der Waals surface area contributed by atoms with Crippen molar-refractivity contribution < 1.29 is 9.05 Å². The lowest BCUT2D eigenvalue weighted by atomic mass is 9.92. The van der Waals surface area contributed by atoms with Gasteiger partial charge in [0.05, 0.1) is 30.9 Å². The van der Waals surface area contributed by atoms with Crippen molar-refractivity contribution in [1.82, 2.24) is 14.6 Å². The first-order valence-corrected chi connectivity index (χ1v) is 11.9. The van der Waals surface area contributed by atoms with Crippen LogP contribution in [-0.2, 0) is 9.05 Å². The Morgan fingerprint density at radius 3 is 2.50 bits per heavy atom. The van der Waals surface area contributed by atoms with Gasteiger partial charge in [0.2, 0.25) is 5.95 Å². The molecule has 0 aromatic carbocycles. The molecule has 1 atom stereocenters. The SMILES string of the molecule is C=Cc1ccnc(N(C)C2CCC(OP(OCCC#N)N(C(C)C)C(C)C)CC2)n1. The molecule has 1 aromatic rings. The minimum absolute atomic E-state index is 0.170. The average molecular weight is 434 g/mol. The van der Waals surface area contributed by atoms with E-state index in [1.165, 1.54) is 0 Å². The number of nitrogens with zero attached hydrogens (tertiary/aromatic N) is 5. The van der Waals surface area contributed by atoms with Crippen molar-refractivity contribution in [2.45, 2.75) is 84.0 Å². The van der Waals surface area contributed by atoms with Gasteiger partial charge in [-0.15, -0.1) is 0 Å². The number of aromatic nitrogens is 2. The number of nitriles is 1. The van der Waals surface area contributed by atoms with Gasteiger partial charge >= 0.3 is 0 Å². The van der Waals surface area contributed by atoms with E-state index in [9.17, 15) is 0 Å². The summed E-state index contributed by atoms with van der Waals surface area (Å²) in [5, 5.41) is 8.87. The van der Waals surface area contributed by atoms with Gasteiger partial charge in [0.15, 0.2) is 0 Å². The molecule has 1 unspecified atom stereocenters. The predicted molar refractivity (Wildman–Crippen MR) is 123 cm³/mol. The molecule has 0 amide bonds. The molecule has 0 spiro atoms. The Kier molecular flexibility index (Phi) is 10.1. The maximum Gasteiger partial charge on any atom is 0.259 e. The number of hydrogen-bond acceptors (Lipinski definition) is 7. The smallest absolute Gasteiger partial charge is 0.259 e. The highest BCUT2D eigenvalue weighted by molar-refractivity contribution is 7.44. The van der Waals surface area contributed by atoms with Crippen LogP contribution in [0.15, 0.2) is 18.8 Å². The summed E-state index contributed by atoms with van der Waals surface area (Å²) in [5.74, 6) is 0.740. The van der Waals surface area contributed by atoms with E-state index >= 15 is 0 Å². The molecule has 1 heterocycles. The van der Waals surface area contributed by atoms with Crippen molar-refractivity contribution in [3.8, 4) is 6.07 Å². The van der Waals surface area contributed by atoms with E-state index in [0.717, 1.165) is 37.3 Å². The quantitative estimate of drug-likeness (QED) is 0.352. The van der Waals surface area contributed by atoms with Gasteiger partial charge < -0.3 is 13.9 Å². The van der Waals surface area contributed by atoms with Gasteiger partial charge in [-0.25, -0.2) is 14.6 Å². The molecule has 166 valence electrons. The van der Waals surface area contributed by atoms with Crippen LogP contribution < -0.4 is 4.90 Å². The van der Waals surface area contributed by atoms with E-state index in [1.54, 1.807) is 12.3 Å². The minimum Gasteiger partial charge on any atom is -0.341 e. The summed E-state index contributed by atoms with van der Waals surface area (Å²) in [6.45, 7) is 12.8. The Morgan fingerprint density at radius 1 is 1.27 bits per heavy atom. The summed E-state index contributed by atoms with van der Waals surface area (Å²) in [7, 11) is 0.876. The molecule has 0 aliphatic heterocycles. The van der Waals surface area contributed by atoms with Crippen molar-refractivity contribution in [3.63, 3.8) is 0 Å². The van der Waals surface area contributed by atoms with E-state index in [2.05, 4.69) is 66.9 Å². The monoisotopic (exact) mass is 433 g/mol. The third kappa shape index (κ3) is 6.99. The zero-order valence-electron chi connectivity index (χ0n) is 19.0. The number of anilines is 1. The minimum atomic E-state index is -1.18. The first kappa shape index (κ1) is 24.7. The molecule has 1 aliphatic carbocycles. The molecule has 0 bridgehead atoms. The molecule has 1 fully saturated rings. The Bertz CT molecular complexity index is 693. The van der Waals surface area contributed by atoms with E-state index in [4.69, 9.17) is 14.3 Å². The normalized spacial score (nSPS) is 20.4. The van der Waals surface area contributed by atoms with E-state index in [0.29, 0.717) is 31.2 Å². The Hall–Kier alpha value is -1.58. The summed E-state index contributed by atoms with van der Waals surface area (Å²) in [5.41, 5.74) is 0.839. The van der Waals surface area contributed by atoms with Crippen LogP contribution in [0.5, 0.6) is 0 Å². The van der Waals surface area contributed by atoms with Crippen molar-refractivity contribution >= 4 is 20.6 Å². The summed E-state index contributed by atoms with van der Waals surface area (Å²) >= 11 is 0. The Morgan fingerprint density at radius 2 is 1.93 bits per heavy atom. The summed E-state index contributed by atoms with van der Waals surface area (Å²) in [6, 6.07) is 5.03. The van der Waals surface area contributed by atoms with Gasteiger partial charge in [0.1, 0.15) is 0 Å². The van der Waals surface area contributed by atoms with Crippen LogP contribution >= 0.6 is 8.53 Å². The van der Waals surface area contributed by atoms with Gasteiger partial charge in [-0.2, -0.15) is 5.26 Å². The lowest BCUT2D eigenvalue weighted by Crippen LogP contribution is -2.39. The van der Waals surface area contributed by atoms with Crippen LogP contribution in [0.1, 0.15) is 65.5 Å². The molecule has 0 radical (unpaired) electrons. The number of hydrogen-bond donors (Lipinski definition) is 0. The fraction of sp³-hybridized carbons (Fsp3) is 0.682. The molecule has 0 saturated heterocycles. The molecule has 7 nitrogen and oxygen atoms in total. The van der Waals surface area contributed by atoms with Crippen molar-refractivity contribution in [3.05, 3.63) is 24.5 Å². The van der Waals surface area contributed by atoms with Crippen LogP contribution in [0.2, 0.25) is 0 Å². The number of rotatable bonds is 11. The maximum atomic E-state index is 8.87. The lowest BCUT2D eigenvalue weighted by Gasteiger charge is -2.40. The maximum absolute atomic E-state index is 8.87. The lowest BCUT2D eigenvalue weighted by molar-refractivity contribution is 0.103. The van der Waals surface area contributed by atoms with Crippen LogP contribution in [-0.4, -0.2) is 52.5 Å². The summed E-state index contributed by atoms with van der Waals surface area (Å²) < 4.78 is 14.8. The van der Waals surface area contributed by atoms with Crippen molar-refractivity contribution in [1.29, 1.82) is 5.26 Å². The zero-order chi connectivity index (χ0) is 22.1. The highest BCUT2D eigenvalue weighted by Crippen LogP contribution is 2.48. The van der Waals surface area contributed by atoms with Gasteiger partial charge in [0.25, 0.3) is 8.53 Å². The van der Waals surface area contributed by atoms with Gasteiger partial charge in [0, 0.05) is 31.4 Å². The molecule has 30 heavy (non-hydrogen) atoms. The van der Waals surface area contributed by atoms with Crippen LogP contribution in [0.4, 0.5) is 5.95 Å². The third-order valence-electron chi connectivity index (χ3n) is 5.28. The molecular formula is C22H36N5O2P. The molecule has 2 rings (SSSR count). The molecule has 1 aliphatic rings. The molecular weight excluding hydrogens is 397 g/mol. The highest BCUT2D eigenvalue weighted by Gasteiger charge is 2.32. The predicted octanol–water partition coefficient (Wildman–Crippen LogP) is 5.16. The van der Waals surface area contributed by atoms with Gasteiger partial charge in [-0.1, -0.05) is 6.58 Å². The zero-order valence-corrected chi connectivity index (χ0v) is 19.9. The Balaban J connectivity index is 1.97. The average Bonchev–Trinajstić information content (AvgIpc) is 2.73. The largest absolute Gasteiger partial charge is 0.341 e. The molecule has 8 heteroatoms. The standard InChI is InChI=1S/C22H36N5O2P/c1-7-19-13-15-24-22(25-19)26(6)20-9-11-21(12-10-20)29-30(28-16-8-14-23)27(17(2)3)18(4)5/h7,13,15,17-18,20-21H,1,8-12,16H2,2-6H3. The molecule has 1 saturated carbocycles. The van der Waals surface area contributed by atoms with Crippen molar-refractivity contribution in [2.24, 2.45) is 0 Å². The second-order valence-electron chi connectivity index (χ2n) is 8.18.